The van der Waals surface area contributed by atoms with Gasteiger partial charge in [-0.2, -0.15) is 0 Å². The van der Waals surface area contributed by atoms with Crippen LogP contribution in [0.5, 0.6) is 11.5 Å². The maximum absolute atomic E-state index is 12.5. The molecule has 29 heavy (non-hydrogen) atoms. The van der Waals surface area contributed by atoms with E-state index in [2.05, 4.69) is 20.9 Å². The van der Waals surface area contributed by atoms with Crippen LogP contribution in [0.4, 0.5) is 15.6 Å². The molecule has 1 aromatic heterocycles. The maximum Gasteiger partial charge on any atom is 0.319 e. The predicted octanol–water partition coefficient (Wildman–Crippen LogP) is 3.85. The van der Waals surface area contributed by atoms with Crippen molar-refractivity contribution in [3.8, 4) is 11.5 Å². The van der Waals surface area contributed by atoms with E-state index < -0.39 is 0 Å². The normalized spacial score (nSPS) is 12.7. The Balaban J connectivity index is 1.44. The van der Waals surface area contributed by atoms with Crippen LogP contribution in [-0.2, 0) is 0 Å². The Bertz CT molecular complexity index is 1020. The number of hydrogen-bond donors (Lipinski definition) is 3. The fourth-order valence-electron chi connectivity index (χ4n) is 2.82. The Morgan fingerprint density at radius 1 is 1.03 bits per heavy atom. The third-order valence-electron chi connectivity index (χ3n) is 4.10. The summed E-state index contributed by atoms with van der Waals surface area (Å²) < 4.78 is 12.1. The summed E-state index contributed by atoms with van der Waals surface area (Å²) in [7, 11) is 0. The number of thiazole rings is 1. The van der Waals surface area contributed by atoms with Crippen LogP contribution < -0.4 is 25.4 Å². The topological polar surface area (TPSA) is 102 Å². The number of ether oxygens (including phenoxy) is 2. The van der Waals surface area contributed by atoms with Gasteiger partial charge < -0.3 is 20.1 Å². The molecule has 1 aliphatic heterocycles. The molecule has 4 rings (SSSR count). The fraction of sp³-hybridized carbons (Fsp3) is 0.250. The van der Waals surface area contributed by atoms with E-state index in [-0.39, 0.29) is 18.0 Å². The Morgan fingerprint density at radius 2 is 1.72 bits per heavy atom. The van der Waals surface area contributed by atoms with Crippen molar-refractivity contribution in [1.29, 1.82) is 0 Å². The Morgan fingerprint density at radius 3 is 2.41 bits per heavy atom. The van der Waals surface area contributed by atoms with Gasteiger partial charge in [0.25, 0.3) is 5.91 Å². The van der Waals surface area contributed by atoms with Gasteiger partial charge in [-0.25, -0.2) is 9.78 Å². The molecule has 9 heteroatoms. The predicted molar refractivity (Wildman–Crippen MR) is 112 cm³/mol. The summed E-state index contributed by atoms with van der Waals surface area (Å²) in [5, 5.41) is 8.76. The van der Waals surface area contributed by atoms with Crippen LogP contribution in [0.1, 0.15) is 24.2 Å². The number of hydrogen-bond acceptors (Lipinski definition) is 6. The highest BCUT2D eigenvalue weighted by molar-refractivity contribution is 7.22. The molecule has 3 aromatic rings. The molecular formula is C20H20N4O4S. The Labute approximate surface area is 171 Å². The number of amides is 3. The Hall–Kier alpha value is -3.33. The summed E-state index contributed by atoms with van der Waals surface area (Å²) in [5.74, 6) is 1.07. The zero-order valence-corrected chi connectivity index (χ0v) is 16.8. The lowest BCUT2D eigenvalue weighted by Crippen LogP contribution is -2.34. The van der Waals surface area contributed by atoms with E-state index in [9.17, 15) is 9.59 Å². The molecule has 0 aliphatic carbocycles. The summed E-state index contributed by atoms with van der Waals surface area (Å²) in [6.45, 7) is 4.79. The zero-order valence-electron chi connectivity index (χ0n) is 15.9. The highest BCUT2D eigenvalue weighted by Crippen LogP contribution is 2.37. The second-order valence-corrected chi connectivity index (χ2v) is 7.80. The minimum atomic E-state index is -0.290. The van der Waals surface area contributed by atoms with Gasteiger partial charge >= 0.3 is 6.03 Å². The monoisotopic (exact) mass is 412 g/mol. The summed E-state index contributed by atoms with van der Waals surface area (Å²) in [6.07, 6.45) is 0. The van der Waals surface area contributed by atoms with Crippen molar-refractivity contribution >= 4 is 44.3 Å². The number of urea groups is 1. The van der Waals surface area contributed by atoms with Crippen LogP contribution in [-0.4, -0.2) is 36.2 Å². The van der Waals surface area contributed by atoms with Gasteiger partial charge in [0, 0.05) is 29.4 Å². The van der Waals surface area contributed by atoms with Crippen LogP contribution in [0.2, 0.25) is 0 Å². The molecule has 0 bridgehead atoms. The lowest BCUT2D eigenvalue weighted by molar-refractivity contribution is 0.102. The summed E-state index contributed by atoms with van der Waals surface area (Å²) in [4.78, 5) is 28.7. The number of carbonyl (C=O) groups is 2. The van der Waals surface area contributed by atoms with Gasteiger partial charge in [0.05, 0.1) is 10.2 Å². The minimum Gasteiger partial charge on any atom is -0.486 e. The third kappa shape index (κ3) is 4.40. The first kappa shape index (κ1) is 19.0. The van der Waals surface area contributed by atoms with Crippen molar-refractivity contribution in [2.45, 2.75) is 19.9 Å². The lowest BCUT2D eigenvalue weighted by atomic mass is 10.2. The van der Waals surface area contributed by atoms with E-state index in [1.54, 1.807) is 24.3 Å². The quantitative estimate of drug-likeness (QED) is 0.604. The zero-order chi connectivity index (χ0) is 20.4. The molecule has 1 aliphatic rings. The summed E-state index contributed by atoms with van der Waals surface area (Å²) >= 11 is 1.37. The second kappa shape index (κ2) is 7.96. The number of nitrogens with zero attached hydrogens (tertiary/aromatic N) is 1. The smallest absolute Gasteiger partial charge is 0.319 e. The first-order chi connectivity index (χ1) is 14.0. The van der Waals surface area contributed by atoms with E-state index in [1.807, 2.05) is 26.0 Å². The van der Waals surface area contributed by atoms with E-state index in [0.717, 1.165) is 10.2 Å². The highest BCUT2D eigenvalue weighted by Gasteiger charge is 2.16. The minimum absolute atomic E-state index is 0.0394. The van der Waals surface area contributed by atoms with Crippen LogP contribution in [0.25, 0.3) is 10.2 Å². The van der Waals surface area contributed by atoms with Gasteiger partial charge in [0.15, 0.2) is 16.6 Å². The largest absolute Gasteiger partial charge is 0.486 e. The molecule has 0 fully saturated rings. The van der Waals surface area contributed by atoms with Gasteiger partial charge in [-0.05, 0) is 38.1 Å². The molecule has 2 heterocycles. The number of benzene rings is 2. The van der Waals surface area contributed by atoms with Gasteiger partial charge in [0.1, 0.15) is 13.2 Å². The molecular weight excluding hydrogens is 392 g/mol. The summed E-state index contributed by atoms with van der Waals surface area (Å²) in [5.41, 5.74) is 1.81. The third-order valence-corrected chi connectivity index (χ3v) is 5.03. The molecule has 0 atom stereocenters. The molecule has 0 unspecified atom stereocenters. The molecule has 0 saturated heterocycles. The van der Waals surface area contributed by atoms with Crippen LogP contribution in [0.3, 0.4) is 0 Å². The van der Waals surface area contributed by atoms with Crippen molar-refractivity contribution < 1.29 is 19.1 Å². The molecule has 3 N–H and O–H groups in total. The number of anilines is 2. The van der Waals surface area contributed by atoms with Gasteiger partial charge in [0.2, 0.25) is 0 Å². The molecule has 150 valence electrons. The van der Waals surface area contributed by atoms with Gasteiger partial charge in [-0.15, -0.1) is 0 Å². The standard InChI is InChI=1S/C20H20N4O4S/c1-11(2)21-19(26)22-13-5-3-12(4-6-13)18(25)24-20-23-14-9-15-16(10-17(14)29-20)28-8-7-27-15/h3-6,9-11H,7-8H2,1-2H3,(H2,21,22,26)(H,23,24,25). The summed E-state index contributed by atoms with van der Waals surface area (Å²) in [6, 6.07) is 10.1. The van der Waals surface area contributed by atoms with Crippen LogP contribution >= 0.6 is 11.3 Å². The van der Waals surface area contributed by atoms with E-state index >= 15 is 0 Å². The SMILES string of the molecule is CC(C)NC(=O)Nc1ccc(C(=O)Nc2nc3cc4c(cc3s2)OCCO4)cc1. The number of rotatable bonds is 4. The second-order valence-electron chi connectivity index (χ2n) is 6.77. The maximum atomic E-state index is 12.5. The first-order valence-electron chi connectivity index (χ1n) is 9.17. The molecule has 0 radical (unpaired) electrons. The van der Waals surface area contributed by atoms with Crippen LogP contribution in [0, 0.1) is 0 Å². The number of fused-ring (bicyclic) bond motifs is 2. The molecule has 0 saturated carbocycles. The Kier molecular flexibility index (Phi) is 5.22. The number of aromatic nitrogens is 1. The van der Waals surface area contributed by atoms with Gasteiger partial charge in [-0.1, -0.05) is 11.3 Å². The van der Waals surface area contributed by atoms with E-state index in [0.29, 0.717) is 41.1 Å². The van der Waals surface area contributed by atoms with Crippen molar-refractivity contribution in [1.82, 2.24) is 10.3 Å². The number of carbonyl (C=O) groups excluding carboxylic acids is 2. The van der Waals surface area contributed by atoms with Crippen molar-refractivity contribution in [3.05, 3.63) is 42.0 Å². The average Bonchev–Trinajstić information content (AvgIpc) is 3.06. The lowest BCUT2D eigenvalue weighted by Gasteiger charge is -2.17. The van der Waals surface area contributed by atoms with Crippen molar-refractivity contribution in [2.75, 3.05) is 23.8 Å². The van der Waals surface area contributed by atoms with Crippen molar-refractivity contribution in [3.63, 3.8) is 0 Å². The van der Waals surface area contributed by atoms with E-state index in [1.165, 1.54) is 11.3 Å². The average molecular weight is 412 g/mol. The van der Waals surface area contributed by atoms with Gasteiger partial charge in [-0.3, -0.25) is 10.1 Å². The first-order valence-corrected chi connectivity index (χ1v) is 9.99. The molecule has 0 spiro atoms. The van der Waals surface area contributed by atoms with Crippen LogP contribution in [0.15, 0.2) is 36.4 Å². The molecule has 2 aromatic carbocycles. The van der Waals surface area contributed by atoms with E-state index in [4.69, 9.17) is 9.47 Å². The molecule has 8 nitrogen and oxygen atoms in total. The fourth-order valence-corrected chi connectivity index (χ4v) is 3.69. The molecule has 3 amide bonds. The number of nitrogens with one attached hydrogen (secondary N) is 3. The van der Waals surface area contributed by atoms with Crippen molar-refractivity contribution in [2.24, 2.45) is 0 Å². The highest BCUT2D eigenvalue weighted by atomic mass is 32.1.